The molecular weight excluding hydrogens is 949 g/mol. The molecule has 0 unspecified atom stereocenters. The molecule has 414 valence electrons. The molecule has 2 rings (SSSR count). The fourth-order valence-corrected chi connectivity index (χ4v) is 27.0. The molecule has 0 aromatic heterocycles. The van der Waals surface area contributed by atoms with Crippen LogP contribution in [0.3, 0.4) is 0 Å². The molecule has 2 aromatic rings. The number of benzene rings is 2. The van der Waals surface area contributed by atoms with Crippen molar-refractivity contribution in [1.82, 2.24) is 0 Å². The van der Waals surface area contributed by atoms with Crippen LogP contribution in [-0.2, 0) is 22.5 Å². The van der Waals surface area contributed by atoms with Gasteiger partial charge in [-0.05, 0) is 67.8 Å². The lowest BCUT2D eigenvalue weighted by molar-refractivity contribution is -0.139. The Morgan fingerprint density at radius 3 is 1.03 bits per heavy atom. The van der Waals surface area contributed by atoms with Gasteiger partial charge in [0.05, 0.1) is 6.61 Å². The van der Waals surface area contributed by atoms with E-state index in [1.54, 1.807) is 0 Å². The first-order chi connectivity index (χ1) is 34.8. The van der Waals surface area contributed by atoms with Crippen molar-refractivity contribution in [3.05, 3.63) is 85.6 Å². The molecule has 0 atom stereocenters. The number of ether oxygens (including phenoxy) is 2. The zero-order valence-electron chi connectivity index (χ0n) is 48.8. The van der Waals surface area contributed by atoms with Crippen LogP contribution in [0.15, 0.2) is 85.6 Å². The molecule has 0 fully saturated rings. The highest BCUT2D eigenvalue weighted by atomic mass is 28.4. The molecule has 0 heterocycles. The van der Waals surface area contributed by atoms with Gasteiger partial charge in [0.1, 0.15) is 6.61 Å². The summed E-state index contributed by atoms with van der Waals surface area (Å²) in [4.78, 5) is 11.4. The van der Waals surface area contributed by atoms with E-state index in [1.165, 1.54) is 234 Å². The highest BCUT2D eigenvalue weighted by molar-refractivity contribution is 7.05. The molecule has 0 aliphatic rings. The van der Waals surface area contributed by atoms with Crippen molar-refractivity contribution in [2.24, 2.45) is 0 Å². The van der Waals surface area contributed by atoms with Gasteiger partial charge in [-0.2, -0.15) is 0 Å². The van der Waals surface area contributed by atoms with E-state index in [2.05, 4.69) is 121 Å². The van der Waals surface area contributed by atoms with Crippen molar-refractivity contribution in [3.8, 4) is 0 Å². The first-order valence-corrected chi connectivity index (χ1v) is 41.6. The molecule has 0 aliphatic heterocycles. The Morgan fingerprint density at radius 2 is 0.736 bits per heavy atom. The molecule has 0 amide bonds. The summed E-state index contributed by atoms with van der Waals surface area (Å²) in [6.07, 6.45) is 46.4. The molecule has 0 spiro atoms. The fourth-order valence-electron chi connectivity index (χ4n) is 10.2. The SMILES string of the molecule is C=CC(=O)OCCOCC[Si](CCCCCCCCCCCCCCCCCC)(CCCCCCCCCCCCCCCCCC)O[Si](C)(C)C.C=C[Si](O[Si](C)(C)C)(c1ccccc1)c1ccccc1. The maximum absolute atomic E-state index is 11.4. The van der Waals surface area contributed by atoms with E-state index >= 15 is 0 Å². The molecule has 0 radical (unpaired) electrons. The number of carbonyl (C=O) groups excluding carboxylic acids is 1. The van der Waals surface area contributed by atoms with Gasteiger partial charge >= 0.3 is 5.97 Å². The molecule has 0 N–H and O–H groups in total. The lowest BCUT2D eigenvalue weighted by atomic mass is 10.0. The lowest BCUT2D eigenvalue weighted by Gasteiger charge is -2.38. The van der Waals surface area contributed by atoms with Gasteiger partial charge in [-0.1, -0.05) is 292 Å². The number of hydrogen-bond donors (Lipinski definition) is 0. The van der Waals surface area contributed by atoms with Crippen LogP contribution in [0.5, 0.6) is 0 Å². The third-order valence-corrected chi connectivity index (χ3v) is 28.5. The van der Waals surface area contributed by atoms with Gasteiger partial charge in [-0.25, -0.2) is 4.79 Å². The van der Waals surface area contributed by atoms with Crippen LogP contribution in [0.4, 0.5) is 0 Å². The van der Waals surface area contributed by atoms with Crippen molar-refractivity contribution in [2.45, 2.75) is 277 Å². The third-order valence-electron chi connectivity index (χ3n) is 14.0. The van der Waals surface area contributed by atoms with Crippen LogP contribution in [0, 0.1) is 0 Å². The second kappa shape index (κ2) is 44.3. The Balaban J connectivity index is 0.00000106. The predicted octanol–water partition coefficient (Wildman–Crippen LogP) is 19.4. The molecular formula is C63H116O5Si4. The van der Waals surface area contributed by atoms with Crippen molar-refractivity contribution < 1.29 is 22.5 Å². The van der Waals surface area contributed by atoms with E-state index in [9.17, 15) is 4.79 Å². The quantitative estimate of drug-likeness (QED) is 0.0286. The van der Waals surface area contributed by atoms with E-state index < -0.39 is 33.3 Å². The Kier molecular flexibility index (Phi) is 41.9. The monoisotopic (exact) mass is 1060 g/mol. The molecule has 0 saturated carbocycles. The second-order valence-electron chi connectivity index (χ2n) is 23.1. The smallest absolute Gasteiger partial charge is 0.330 e. The first-order valence-electron chi connectivity index (χ1n) is 30.3. The zero-order valence-corrected chi connectivity index (χ0v) is 52.8. The molecule has 72 heavy (non-hydrogen) atoms. The van der Waals surface area contributed by atoms with Gasteiger partial charge in [0.2, 0.25) is 0 Å². The van der Waals surface area contributed by atoms with E-state index in [1.807, 2.05) is 12.1 Å². The van der Waals surface area contributed by atoms with Crippen molar-refractivity contribution in [1.29, 1.82) is 0 Å². The maximum Gasteiger partial charge on any atom is 0.330 e. The number of esters is 1. The highest BCUT2D eigenvalue weighted by Gasteiger charge is 2.40. The zero-order chi connectivity index (χ0) is 52.9. The average molecular weight is 1070 g/mol. The Labute approximate surface area is 451 Å². The summed E-state index contributed by atoms with van der Waals surface area (Å²) in [7, 11) is -7.62. The topological polar surface area (TPSA) is 54.0 Å². The molecule has 5 nitrogen and oxygen atoms in total. The van der Waals surface area contributed by atoms with Crippen molar-refractivity contribution in [2.75, 3.05) is 19.8 Å². The summed E-state index contributed by atoms with van der Waals surface area (Å²) in [5.74, 6) is -0.374. The summed E-state index contributed by atoms with van der Waals surface area (Å²) in [6.45, 7) is 27.5. The van der Waals surface area contributed by atoms with E-state index in [0.29, 0.717) is 13.2 Å². The normalized spacial score (nSPS) is 12.1. The second-order valence-corrected chi connectivity index (χ2v) is 40.1. The highest BCUT2D eigenvalue weighted by Crippen LogP contribution is 2.32. The van der Waals surface area contributed by atoms with E-state index in [0.717, 1.165) is 12.7 Å². The molecule has 9 heteroatoms. The van der Waals surface area contributed by atoms with E-state index in [-0.39, 0.29) is 5.97 Å². The number of carbonyl (C=O) groups is 1. The van der Waals surface area contributed by atoms with Crippen LogP contribution in [-0.4, -0.2) is 59.1 Å². The maximum atomic E-state index is 11.4. The van der Waals surface area contributed by atoms with Crippen LogP contribution < -0.4 is 10.4 Å². The molecule has 2 aromatic carbocycles. The minimum Gasteiger partial charge on any atom is -0.460 e. The summed E-state index contributed by atoms with van der Waals surface area (Å²) in [5, 5.41) is 2.53. The number of unbranched alkanes of at least 4 members (excludes halogenated alkanes) is 30. The average Bonchev–Trinajstić information content (AvgIpc) is 3.36. The minimum atomic E-state index is -2.33. The van der Waals surface area contributed by atoms with Crippen LogP contribution in [0.1, 0.15) is 219 Å². The Bertz CT molecular complexity index is 1470. The molecule has 0 bridgehead atoms. The van der Waals surface area contributed by atoms with Crippen molar-refractivity contribution in [3.63, 3.8) is 0 Å². The number of hydrogen-bond acceptors (Lipinski definition) is 5. The first kappa shape index (κ1) is 68.2. The Hall–Kier alpha value is -1.86. The van der Waals surface area contributed by atoms with Gasteiger partial charge in [-0.3, -0.25) is 0 Å². The summed E-state index contributed by atoms with van der Waals surface area (Å²) < 4.78 is 25.1. The predicted molar refractivity (Wildman–Crippen MR) is 328 cm³/mol. The number of rotatable bonds is 48. The summed E-state index contributed by atoms with van der Waals surface area (Å²) in [5.41, 5.74) is 2.07. The fraction of sp³-hybridized carbons (Fsp3) is 0.730. The van der Waals surface area contributed by atoms with Gasteiger partial charge in [-0.15, -0.1) is 6.58 Å². The third kappa shape index (κ3) is 37.0. The van der Waals surface area contributed by atoms with Crippen LogP contribution >= 0.6 is 0 Å². The largest absolute Gasteiger partial charge is 0.460 e. The summed E-state index contributed by atoms with van der Waals surface area (Å²) in [6, 6.07) is 24.7. The van der Waals surface area contributed by atoms with E-state index in [4.69, 9.17) is 17.7 Å². The Morgan fingerprint density at radius 1 is 0.417 bits per heavy atom. The standard InChI is InChI=1S/C46H94O4Si2.C17H22OSi2/c1-7-10-12-14-16-18-20-22-24-26-28-30-32-34-36-38-43-52(50-51(4,5)6,45-42-48-40-41-49-46(47)9-3)44-39-37-35-33-31-29-27-25-23-21-19-17-15-13-11-8-2;1-5-20(18-19(2,3)4,16-12-8-6-9-13-16)17-14-10-7-11-15-17/h9H,3,7-8,10-45H2,1-2,4-6H3;5-15H,1H2,2-4H3. The molecule has 0 aliphatic carbocycles. The van der Waals surface area contributed by atoms with Gasteiger partial charge in [0, 0.05) is 12.7 Å². The van der Waals surface area contributed by atoms with Crippen LogP contribution in [0.2, 0.25) is 57.4 Å². The lowest BCUT2D eigenvalue weighted by Crippen LogP contribution is -2.63. The van der Waals surface area contributed by atoms with Gasteiger partial charge < -0.3 is 17.7 Å². The van der Waals surface area contributed by atoms with Crippen LogP contribution in [0.25, 0.3) is 0 Å². The van der Waals surface area contributed by atoms with Gasteiger partial charge in [0.25, 0.3) is 8.32 Å². The minimum absolute atomic E-state index is 0.298. The van der Waals surface area contributed by atoms with Gasteiger partial charge in [0.15, 0.2) is 25.0 Å². The summed E-state index contributed by atoms with van der Waals surface area (Å²) >= 11 is 0. The van der Waals surface area contributed by atoms with Crippen molar-refractivity contribution >= 4 is 49.6 Å². The molecule has 0 saturated heterocycles.